The molecule has 1 aliphatic carbocycles. The Hall–Kier alpha value is -0.750. The van der Waals surface area contributed by atoms with E-state index in [9.17, 15) is 0 Å². The van der Waals surface area contributed by atoms with Crippen molar-refractivity contribution in [1.29, 1.82) is 0 Å². The predicted molar refractivity (Wildman–Crippen MR) is 81.1 cm³/mol. The molecule has 1 aromatic rings. The monoisotopic (exact) mass is 262 g/mol. The summed E-state index contributed by atoms with van der Waals surface area (Å²) in [5.74, 6) is 1.41. The molecular formula is C17H23Cl. The number of alkyl halides is 1. The van der Waals surface area contributed by atoms with Gasteiger partial charge in [-0.15, -0.1) is 11.6 Å². The van der Waals surface area contributed by atoms with Crippen molar-refractivity contribution < 1.29 is 0 Å². The van der Waals surface area contributed by atoms with E-state index in [1.54, 1.807) is 0 Å². The predicted octanol–water partition coefficient (Wildman–Crippen LogP) is 5.45. The zero-order chi connectivity index (χ0) is 12.8. The highest BCUT2D eigenvalue weighted by atomic mass is 35.5. The zero-order valence-electron chi connectivity index (χ0n) is 11.3. The maximum atomic E-state index is 6.18. The molecule has 0 atom stereocenters. The summed E-state index contributed by atoms with van der Waals surface area (Å²) in [6.45, 7) is 2.22. The van der Waals surface area contributed by atoms with Crippen LogP contribution in [-0.4, -0.2) is 5.88 Å². The molecule has 1 aliphatic rings. The summed E-state index contributed by atoms with van der Waals surface area (Å²) in [5, 5.41) is 0. The van der Waals surface area contributed by atoms with E-state index in [0.717, 1.165) is 12.3 Å². The molecule has 1 saturated carbocycles. The first-order valence-corrected chi connectivity index (χ1v) is 7.73. The second-order valence-corrected chi connectivity index (χ2v) is 5.51. The lowest BCUT2D eigenvalue weighted by Gasteiger charge is -2.23. The molecule has 2 rings (SSSR count). The van der Waals surface area contributed by atoms with Gasteiger partial charge in [0, 0.05) is 5.88 Å². The fourth-order valence-corrected chi connectivity index (χ4v) is 3.23. The normalized spacial score (nSPS) is 18.0. The van der Waals surface area contributed by atoms with E-state index in [2.05, 4.69) is 37.3 Å². The minimum Gasteiger partial charge on any atom is -0.122 e. The van der Waals surface area contributed by atoms with Crippen LogP contribution in [-0.2, 0) is 6.42 Å². The molecule has 0 nitrogen and oxygen atoms in total. The van der Waals surface area contributed by atoms with E-state index in [4.69, 9.17) is 11.6 Å². The summed E-state index contributed by atoms with van der Waals surface area (Å²) in [6, 6.07) is 8.68. The van der Waals surface area contributed by atoms with Crippen LogP contribution in [0.4, 0.5) is 0 Å². The molecule has 0 aromatic heterocycles. The average Bonchev–Trinajstić information content (AvgIpc) is 2.46. The van der Waals surface area contributed by atoms with E-state index in [0.29, 0.717) is 5.88 Å². The number of allylic oxidation sites excluding steroid dienone is 1. The Balaban J connectivity index is 2.22. The fraction of sp³-hybridized carbons (Fsp3) is 0.529. The van der Waals surface area contributed by atoms with E-state index in [1.807, 2.05) is 0 Å². The summed E-state index contributed by atoms with van der Waals surface area (Å²) in [6.07, 6.45) is 10.2. The van der Waals surface area contributed by atoms with Crippen molar-refractivity contribution in [1.82, 2.24) is 0 Å². The van der Waals surface area contributed by atoms with E-state index < -0.39 is 0 Å². The van der Waals surface area contributed by atoms with Gasteiger partial charge in [-0.25, -0.2) is 0 Å². The van der Waals surface area contributed by atoms with Crippen molar-refractivity contribution in [3.05, 3.63) is 41.0 Å². The van der Waals surface area contributed by atoms with E-state index in [-0.39, 0.29) is 0 Å². The highest BCUT2D eigenvalue weighted by molar-refractivity contribution is 6.19. The molecule has 0 heterocycles. The highest BCUT2D eigenvalue weighted by Crippen LogP contribution is 2.31. The van der Waals surface area contributed by atoms with Gasteiger partial charge in [-0.3, -0.25) is 0 Å². The van der Waals surface area contributed by atoms with Crippen molar-refractivity contribution in [2.45, 2.75) is 45.4 Å². The van der Waals surface area contributed by atoms with Crippen molar-refractivity contribution in [3.63, 3.8) is 0 Å². The zero-order valence-corrected chi connectivity index (χ0v) is 12.0. The molecule has 0 spiro atoms. The van der Waals surface area contributed by atoms with Gasteiger partial charge in [0.05, 0.1) is 0 Å². The molecule has 0 unspecified atom stereocenters. The molecule has 98 valence electrons. The largest absolute Gasteiger partial charge is 0.122 e. The van der Waals surface area contributed by atoms with Crippen molar-refractivity contribution >= 4 is 17.7 Å². The van der Waals surface area contributed by atoms with Gasteiger partial charge in [-0.05, 0) is 36.3 Å². The third kappa shape index (κ3) is 3.38. The summed E-state index contributed by atoms with van der Waals surface area (Å²) < 4.78 is 0. The fourth-order valence-electron chi connectivity index (χ4n) is 2.94. The van der Waals surface area contributed by atoms with Gasteiger partial charge in [-0.1, -0.05) is 62.1 Å². The van der Waals surface area contributed by atoms with Gasteiger partial charge in [0.1, 0.15) is 0 Å². The van der Waals surface area contributed by atoms with Gasteiger partial charge in [0.25, 0.3) is 0 Å². The van der Waals surface area contributed by atoms with Crippen LogP contribution in [0.25, 0.3) is 6.08 Å². The van der Waals surface area contributed by atoms with Crippen LogP contribution in [0.3, 0.4) is 0 Å². The molecule has 0 bridgehead atoms. The van der Waals surface area contributed by atoms with Crippen molar-refractivity contribution in [2.24, 2.45) is 5.92 Å². The Morgan fingerprint density at radius 2 is 1.94 bits per heavy atom. The van der Waals surface area contributed by atoms with Crippen molar-refractivity contribution in [3.8, 4) is 0 Å². The molecule has 0 aliphatic heterocycles. The maximum absolute atomic E-state index is 6.18. The number of hydrogen-bond acceptors (Lipinski definition) is 0. The average molecular weight is 263 g/mol. The first-order chi connectivity index (χ1) is 8.85. The number of hydrogen-bond donors (Lipinski definition) is 0. The van der Waals surface area contributed by atoms with Gasteiger partial charge in [0.2, 0.25) is 0 Å². The van der Waals surface area contributed by atoms with Gasteiger partial charge in [-0.2, -0.15) is 0 Å². The van der Waals surface area contributed by atoms with Crippen LogP contribution >= 0.6 is 11.6 Å². The van der Waals surface area contributed by atoms with E-state index in [1.165, 1.54) is 48.8 Å². The first-order valence-electron chi connectivity index (χ1n) is 7.19. The molecule has 0 amide bonds. The van der Waals surface area contributed by atoms with Gasteiger partial charge < -0.3 is 0 Å². The number of benzene rings is 1. The van der Waals surface area contributed by atoms with Crippen LogP contribution in [0.15, 0.2) is 29.8 Å². The Morgan fingerprint density at radius 3 is 2.61 bits per heavy atom. The number of rotatable bonds is 4. The van der Waals surface area contributed by atoms with Crippen LogP contribution in [0.5, 0.6) is 0 Å². The third-order valence-electron chi connectivity index (χ3n) is 4.06. The minimum absolute atomic E-state index is 0.683. The topological polar surface area (TPSA) is 0 Å². The second-order valence-electron chi connectivity index (χ2n) is 5.24. The Kier molecular flexibility index (Phi) is 5.31. The molecule has 0 saturated heterocycles. The second kappa shape index (κ2) is 6.99. The van der Waals surface area contributed by atoms with Crippen LogP contribution in [0, 0.1) is 5.92 Å². The molecular weight excluding hydrogens is 240 g/mol. The first kappa shape index (κ1) is 13.7. The lowest BCUT2D eigenvalue weighted by molar-refractivity contribution is 0.405. The molecule has 18 heavy (non-hydrogen) atoms. The quantitative estimate of drug-likeness (QED) is 0.633. The Labute approximate surface area is 116 Å². The van der Waals surface area contributed by atoms with Crippen molar-refractivity contribution in [2.75, 3.05) is 5.88 Å². The molecule has 0 N–H and O–H groups in total. The summed E-state index contributed by atoms with van der Waals surface area (Å²) >= 11 is 6.18. The highest BCUT2D eigenvalue weighted by Gasteiger charge is 2.17. The summed E-state index contributed by atoms with van der Waals surface area (Å²) in [5.41, 5.74) is 4.23. The van der Waals surface area contributed by atoms with E-state index >= 15 is 0 Å². The third-order valence-corrected chi connectivity index (χ3v) is 4.37. The van der Waals surface area contributed by atoms with Gasteiger partial charge >= 0.3 is 0 Å². The summed E-state index contributed by atoms with van der Waals surface area (Å²) in [7, 11) is 0. The van der Waals surface area contributed by atoms with Crippen LogP contribution in [0.1, 0.15) is 50.2 Å². The minimum atomic E-state index is 0.683. The number of halogens is 1. The number of aryl methyl sites for hydroxylation is 1. The summed E-state index contributed by atoms with van der Waals surface area (Å²) in [4.78, 5) is 0. The lowest BCUT2D eigenvalue weighted by Crippen LogP contribution is -2.10. The molecule has 1 fully saturated rings. The van der Waals surface area contributed by atoms with Gasteiger partial charge in [0.15, 0.2) is 0 Å². The molecule has 0 radical (unpaired) electrons. The standard InChI is InChI=1S/C17H23Cl/c1-2-14-8-6-7-11-16(14)12-17(13-18)15-9-4-3-5-10-15/h6-8,11-12,15H,2-5,9-10,13H2,1H3. The molecule has 1 aromatic carbocycles. The lowest BCUT2D eigenvalue weighted by atomic mass is 9.83. The SMILES string of the molecule is CCc1ccccc1C=C(CCl)C1CCCCC1. The molecule has 1 heteroatoms. The Morgan fingerprint density at radius 1 is 1.22 bits per heavy atom. The Bertz CT molecular complexity index is 400. The van der Waals surface area contributed by atoms with Crippen LogP contribution < -0.4 is 0 Å². The van der Waals surface area contributed by atoms with Crippen LogP contribution in [0.2, 0.25) is 0 Å². The smallest absolute Gasteiger partial charge is 0.0439 e. The maximum Gasteiger partial charge on any atom is 0.0439 e.